The molecule has 1 aromatic heterocycles. The van der Waals surface area contributed by atoms with Crippen LogP contribution in [0.5, 0.6) is 0 Å². The van der Waals surface area contributed by atoms with E-state index < -0.39 is 0 Å². The second-order valence-corrected chi connectivity index (χ2v) is 6.67. The van der Waals surface area contributed by atoms with Gasteiger partial charge in [-0.1, -0.05) is 24.3 Å². The molecule has 0 spiro atoms. The van der Waals surface area contributed by atoms with E-state index in [0.29, 0.717) is 11.3 Å². The van der Waals surface area contributed by atoms with Gasteiger partial charge in [0, 0.05) is 28.2 Å². The van der Waals surface area contributed by atoms with Crippen LogP contribution in [0, 0.1) is 11.6 Å². The molecular formula is C19H13F2NOS. The van der Waals surface area contributed by atoms with Gasteiger partial charge in [-0.15, -0.1) is 11.3 Å². The number of anilines is 1. The van der Waals surface area contributed by atoms with E-state index in [0.717, 1.165) is 16.0 Å². The van der Waals surface area contributed by atoms with E-state index in [1.807, 2.05) is 17.5 Å². The van der Waals surface area contributed by atoms with Crippen molar-refractivity contribution in [3.8, 4) is 11.1 Å². The summed E-state index contributed by atoms with van der Waals surface area (Å²) in [5.41, 5.74) is 2.99. The lowest BCUT2D eigenvalue weighted by molar-refractivity contribution is -0.116. The van der Waals surface area contributed by atoms with Crippen molar-refractivity contribution in [2.24, 2.45) is 0 Å². The molecule has 1 atom stereocenters. The first kappa shape index (κ1) is 15.0. The Morgan fingerprint density at radius 2 is 1.79 bits per heavy atom. The van der Waals surface area contributed by atoms with Crippen LogP contribution in [0.3, 0.4) is 0 Å². The van der Waals surface area contributed by atoms with Crippen molar-refractivity contribution in [2.75, 3.05) is 5.32 Å². The SMILES string of the molecule is O=C1C[C@@H](c2cccc(F)c2)c2scc(-c3cccc(F)c3)c2N1. The van der Waals surface area contributed by atoms with Crippen LogP contribution in [0.2, 0.25) is 0 Å². The molecule has 4 rings (SSSR count). The van der Waals surface area contributed by atoms with E-state index in [4.69, 9.17) is 0 Å². The minimum Gasteiger partial charge on any atom is -0.325 e. The van der Waals surface area contributed by atoms with Gasteiger partial charge in [0.1, 0.15) is 11.6 Å². The number of carbonyl (C=O) groups excluding carboxylic acids is 1. The van der Waals surface area contributed by atoms with Gasteiger partial charge >= 0.3 is 0 Å². The fraction of sp³-hybridized carbons (Fsp3) is 0.105. The molecule has 0 saturated carbocycles. The Morgan fingerprint density at radius 3 is 2.54 bits per heavy atom. The van der Waals surface area contributed by atoms with Crippen LogP contribution in [-0.4, -0.2) is 5.91 Å². The normalized spacial score (nSPS) is 16.6. The first-order valence-corrected chi connectivity index (χ1v) is 8.42. The molecule has 0 radical (unpaired) electrons. The van der Waals surface area contributed by atoms with Gasteiger partial charge in [-0.05, 0) is 35.4 Å². The van der Waals surface area contributed by atoms with E-state index in [9.17, 15) is 13.6 Å². The van der Waals surface area contributed by atoms with Gasteiger partial charge in [0.2, 0.25) is 5.91 Å². The largest absolute Gasteiger partial charge is 0.325 e. The highest BCUT2D eigenvalue weighted by atomic mass is 32.1. The lowest BCUT2D eigenvalue weighted by Gasteiger charge is -2.24. The Labute approximate surface area is 141 Å². The smallest absolute Gasteiger partial charge is 0.225 e. The highest BCUT2D eigenvalue weighted by Gasteiger charge is 2.30. The van der Waals surface area contributed by atoms with Crippen molar-refractivity contribution in [1.29, 1.82) is 0 Å². The first-order valence-electron chi connectivity index (χ1n) is 7.54. The number of halogens is 2. The Balaban J connectivity index is 1.83. The average Bonchev–Trinajstić information content (AvgIpc) is 2.97. The maximum Gasteiger partial charge on any atom is 0.225 e. The quantitative estimate of drug-likeness (QED) is 0.685. The van der Waals surface area contributed by atoms with Crippen molar-refractivity contribution < 1.29 is 13.6 Å². The maximum atomic E-state index is 13.6. The monoisotopic (exact) mass is 341 g/mol. The van der Waals surface area contributed by atoms with Gasteiger partial charge in [0.15, 0.2) is 0 Å². The second kappa shape index (κ2) is 5.83. The summed E-state index contributed by atoms with van der Waals surface area (Å²) in [6, 6.07) is 12.6. The zero-order valence-corrected chi connectivity index (χ0v) is 13.4. The number of thiophene rings is 1. The molecule has 0 fully saturated rings. The van der Waals surface area contributed by atoms with E-state index in [2.05, 4.69) is 5.32 Å². The van der Waals surface area contributed by atoms with E-state index in [-0.39, 0.29) is 29.9 Å². The minimum atomic E-state index is -0.323. The summed E-state index contributed by atoms with van der Waals surface area (Å²) in [5.74, 6) is -0.942. The zero-order chi connectivity index (χ0) is 16.7. The molecule has 1 amide bonds. The van der Waals surface area contributed by atoms with Crippen LogP contribution >= 0.6 is 11.3 Å². The Hall–Kier alpha value is -2.53. The number of hydrogen-bond donors (Lipinski definition) is 1. The van der Waals surface area contributed by atoms with Crippen LogP contribution in [0.1, 0.15) is 22.8 Å². The molecule has 24 heavy (non-hydrogen) atoms. The number of carbonyl (C=O) groups is 1. The van der Waals surface area contributed by atoms with E-state index >= 15 is 0 Å². The third-order valence-corrected chi connectivity index (χ3v) is 5.27. The molecule has 120 valence electrons. The van der Waals surface area contributed by atoms with Gasteiger partial charge < -0.3 is 5.32 Å². The molecular weight excluding hydrogens is 328 g/mol. The van der Waals surface area contributed by atoms with Crippen LogP contribution in [0.4, 0.5) is 14.5 Å². The molecule has 2 aromatic carbocycles. The number of nitrogens with one attached hydrogen (secondary N) is 1. The topological polar surface area (TPSA) is 29.1 Å². The Kier molecular flexibility index (Phi) is 3.65. The number of fused-ring (bicyclic) bond motifs is 1. The summed E-state index contributed by atoms with van der Waals surface area (Å²) in [6.07, 6.45) is 0.277. The Bertz CT molecular complexity index is 935. The molecule has 0 unspecified atom stereocenters. The predicted octanol–water partition coefficient (Wildman–Crippen LogP) is 5.17. The van der Waals surface area contributed by atoms with Gasteiger partial charge in [0.05, 0.1) is 5.69 Å². The summed E-state index contributed by atoms with van der Waals surface area (Å²) in [7, 11) is 0. The molecule has 2 heterocycles. The average molecular weight is 341 g/mol. The van der Waals surface area contributed by atoms with Crippen LogP contribution in [0.25, 0.3) is 11.1 Å². The second-order valence-electron chi connectivity index (χ2n) is 5.76. The van der Waals surface area contributed by atoms with Gasteiger partial charge in [-0.25, -0.2) is 8.78 Å². The lowest BCUT2D eigenvalue weighted by Crippen LogP contribution is -2.22. The molecule has 3 aromatic rings. The molecule has 0 aliphatic carbocycles. The summed E-state index contributed by atoms with van der Waals surface area (Å²) in [6.45, 7) is 0. The zero-order valence-electron chi connectivity index (χ0n) is 12.6. The standard InChI is InChI=1S/C19H13F2NOS/c20-13-5-1-3-11(7-13)15-9-17(23)22-18-16(10-24-19(15)18)12-4-2-6-14(21)8-12/h1-8,10,15H,9H2,(H,22,23)/t15-/m0/s1. The van der Waals surface area contributed by atoms with E-state index in [1.165, 1.54) is 35.6 Å². The fourth-order valence-corrected chi connectivity index (χ4v) is 4.25. The third-order valence-electron chi connectivity index (χ3n) is 4.18. The van der Waals surface area contributed by atoms with Crippen molar-refractivity contribution in [2.45, 2.75) is 12.3 Å². The molecule has 5 heteroatoms. The first-order chi connectivity index (χ1) is 11.6. The van der Waals surface area contributed by atoms with E-state index in [1.54, 1.807) is 12.1 Å². The number of benzene rings is 2. The fourth-order valence-electron chi connectivity index (χ4n) is 3.09. The summed E-state index contributed by atoms with van der Waals surface area (Å²) in [5, 5.41) is 4.81. The van der Waals surface area contributed by atoms with Crippen LogP contribution < -0.4 is 5.32 Å². The van der Waals surface area contributed by atoms with Crippen molar-refractivity contribution in [3.63, 3.8) is 0 Å². The summed E-state index contributed by atoms with van der Waals surface area (Å²) < 4.78 is 27.1. The van der Waals surface area contributed by atoms with Crippen molar-refractivity contribution in [1.82, 2.24) is 0 Å². The van der Waals surface area contributed by atoms with Gasteiger partial charge in [-0.2, -0.15) is 0 Å². The Morgan fingerprint density at radius 1 is 1.04 bits per heavy atom. The lowest BCUT2D eigenvalue weighted by atomic mass is 9.89. The van der Waals surface area contributed by atoms with Crippen molar-refractivity contribution in [3.05, 3.63) is 76.0 Å². The molecule has 0 bridgehead atoms. The van der Waals surface area contributed by atoms with Gasteiger partial charge in [-0.3, -0.25) is 4.79 Å². The molecule has 1 aliphatic heterocycles. The molecule has 1 aliphatic rings. The van der Waals surface area contributed by atoms with Crippen LogP contribution in [0.15, 0.2) is 53.9 Å². The molecule has 0 saturated heterocycles. The number of hydrogen-bond acceptors (Lipinski definition) is 2. The minimum absolute atomic E-state index is 0.118. The van der Waals surface area contributed by atoms with Crippen molar-refractivity contribution >= 4 is 22.9 Å². The maximum absolute atomic E-state index is 13.6. The number of amides is 1. The summed E-state index contributed by atoms with van der Waals surface area (Å²) in [4.78, 5) is 13.1. The molecule has 1 N–H and O–H groups in total. The third kappa shape index (κ3) is 2.61. The highest BCUT2D eigenvalue weighted by Crippen LogP contribution is 2.46. The van der Waals surface area contributed by atoms with Gasteiger partial charge in [0.25, 0.3) is 0 Å². The highest BCUT2D eigenvalue weighted by molar-refractivity contribution is 7.11. The number of rotatable bonds is 2. The predicted molar refractivity (Wildman–Crippen MR) is 91.2 cm³/mol. The molecule has 2 nitrogen and oxygen atoms in total. The summed E-state index contributed by atoms with van der Waals surface area (Å²) >= 11 is 1.50. The van der Waals surface area contributed by atoms with Crippen LogP contribution in [-0.2, 0) is 4.79 Å².